The SMILES string of the molecule is COCC1(C(=O)O)CCCN(C(=O)CCc2cn(C)c3ccccc23)C1. The van der Waals surface area contributed by atoms with Crippen molar-refractivity contribution < 1.29 is 19.4 Å². The Morgan fingerprint density at radius 3 is 2.81 bits per heavy atom. The lowest BCUT2D eigenvalue weighted by molar-refractivity contribution is -0.159. The molecule has 0 saturated carbocycles. The zero-order chi connectivity index (χ0) is 18.7. The third-order valence-corrected chi connectivity index (χ3v) is 5.39. The molecule has 6 heteroatoms. The van der Waals surface area contributed by atoms with Crippen LogP contribution in [0.3, 0.4) is 0 Å². The predicted octanol–water partition coefficient (Wildman–Crippen LogP) is 2.45. The Kier molecular flexibility index (Phi) is 5.32. The van der Waals surface area contributed by atoms with Crippen molar-refractivity contribution >= 4 is 22.8 Å². The highest BCUT2D eigenvalue weighted by Gasteiger charge is 2.43. The highest BCUT2D eigenvalue weighted by Crippen LogP contribution is 2.31. The van der Waals surface area contributed by atoms with E-state index in [-0.39, 0.29) is 19.1 Å². The quantitative estimate of drug-likeness (QED) is 0.861. The van der Waals surface area contributed by atoms with E-state index >= 15 is 0 Å². The maximum atomic E-state index is 12.7. The Morgan fingerprint density at radius 1 is 1.31 bits per heavy atom. The number of nitrogens with zero attached hydrogens (tertiary/aromatic N) is 2. The van der Waals surface area contributed by atoms with Gasteiger partial charge in [0.15, 0.2) is 0 Å². The van der Waals surface area contributed by atoms with E-state index in [2.05, 4.69) is 22.9 Å². The number of carboxylic acids is 1. The number of methoxy groups -OCH3 is 1. The van der Waals surface area contributed by atoms with Gasteiger partial charge in [-0.25, -0.2) is 0 Å². The molecule has 1 amide bonds. The van der Waals surface area contributed by atoms with Gasteiger partial charge in [0.25, 0.3) is 0 Å². The standard InChI is InChI=1S/C20H26N2O4/c1-21-12-15(16-6-3-4-7-17(16)21)8-9-18(23)22-11-5-10-20(13-22,14-26-2)19(24)25/h3-4,6-7,12H,5,8-11,13-14H2,1-2H3,(H,24,25). The van der Waals surface area contributed by atoms with E-state index < -0.39 is 11.4 Å². The molecule has 0 aliphatic carbocycles. The molecule has 1 aromatic carbocycles. The van der Waals surface area contributed by atoms with E-state index in [0.717, 1.165) is 11.1 Å². The van der Waals surface area contributed by atoms with Crippen LogP contribution in [0, 0.1) is 5.41 Å². The fraction of sp³-hybridized carbons (Fsp3) is 0.500. The highest BCUT2D eigenvalue weighted by molar-refractivity contribution is 5.85. The number of fused-ring (bicyclic) bond motifs is 1. The monoisotopic (exact) mass is 358 g/mol. The number of hydrogen-bond acceptors (Lipinski definition) is 3. The Labute approximate surface area is 153 Å². The summed E-state index contributed by atoms with van der Waals surface area (Å²) < 4.78 is 7.21. The van der Waals surface area contributed by atoms with Gasteiger partial charge in [0.1, 0.15) is 5.41 Å². The molecular formula is C20H26N2O4. The van der Waals surface area contributed by atoms with Crippen molar-refractivity contribution in [2.24, 2.45) is 12.5 Å². The Balaban J connectivity index is 1.68. The van der Waals surface area contributed by atoms with Crippen molar-refractivity contribution in [3.63, 3.8) is 0 Å². The number of benzene rings is 1. The van der Waals surface area contributed by atoms with E-state index in [1.165, 1.54) is 12.5 Å². The normalized spacial score (nSPS) is 20.5. The number of hydrogen-bond donors (Lipinski definition) is 1. The molecular weight excluding hydrogens is 332 g/mol. The topological polar surface area (TPSA) is 71.8 Å². The number of carbonyl (C=O) groups is 2. The molecule has 1 aromatic heterocycles. The molecule has 0 spiro atoms. The molecule has 6 nitrogen and oxygen atoms in total. The summed E-state index contributed by atoms with van der Waals surface area (Å²) in [5.41, 5.74) is 1.31. The minimum Gasteiger partial charge on any atom is -0.481 e. The molecule has 0 bridgehead atoms. The first-order valence-corrected chi connectivity index (χ1v) is 9.00. The van der Waals surface area contributed by atoms with Crippen LogP contribution >= 0.6 is 0 Å². The van der Waals surface area contributed by atoms with Gasteiger partial charge in [0.05, 0.1) is 6.61 Å². The molecule has 1 aliphatic rings. The summed E-state index contributed by atoms with van der Waals surface area (Å²) in [6, 6.07) is 8.15. The number of piperidine rings is 1. The molecule has 1 atom stereocenters. The van der Waals surface area contributed by atoms with Gasteiger partial charge in [0, 0.05) is 50.8 Å². The van der Waals surface area contributed by atoms with Crippen molar-refractivity contribution in [3.05, 3.63) is 36.0 Å². The van der Waals surface area contributed by atoms with Gasteiger partial charge < -0.3 is 19.3 Å². The molecule has 1 unspecified atom stereocenters. The third-order valence-electron chi connectivity index (χ3n) is 5.39. The number of likely N-dealkylation sites (tertiary alicyclic amines) is 1. The van der Waals surface area contributed by atoms with Gasteiger partial charge in [0.2, 0.25) is 5.91 Å². The number of rotatable bonds is 6. The van der Waals surface area contributed by atoms with Crippen molar-refractivity contribution in [2.75, 3.05) is 26.8 Å². The summed E-state index contributed by atoms with van der Waals surface area (Å²) in [6.45, 7) is 0.979. The largest absolute Gasteiger partial charge is 0.481 e. The van der Waals surface area contributed by atoms with Gasteiger partial charge in [-0.3, -0.25) is 9.59 Å². The highest BCUT2D eigenvalue weighted by atomic mass is 16.5. The summed E-state index contributed by atoms with van der Waals surface area (Å²) in [5.74, 6) is -0.870. The van der Waals surface area contributed by atoms with Gasteiger partial charge in [-0.05, 0) is 30.9 Å². The van der Waals surface area contributed by atoms with E-state index in [0.29, 0.717) is 32.2 Å². The molecule has 2 heterocycles. The summed E-state index contributed by atoms with van der Waals surface area (Å²) in [7, 11) is 3.51. The van der Waals surface area contributed by atoms with E-state index in [9.17, 15) is 14.7 Å². The van der Waals surface area contributed by atoms with E-state index in [1.54, 1.807) is 4.90 Å². The first-order chi connectivity index (χ1) is 12.5. The van der Waals surface area contributed by atoms with Crippen LogP contribution in [0.5, 0.6) is 0 Å². The van der Waals surface area contributed by atoms with Gasteiger partial charge in [-0.2, -0.15) is 0 Å². The second kappa shape index (κ2) is 7.50. The predicted molar refractivity (Wildman–Crippen MR) is 99.0 cm³/mol. The Morgan fingerprint density at radius 2 is 2.08 bits per heavy atom. The minimum absolute atomic E-state index is 0.0133. The second-order valence-corrected chi connectivity index (χ2v) is 7.22. The van der Waals surface area contributed by atoms with Crippen LogP contribution in [0.4, 0.5) is 0 Å². The van der Waals surface area contributed by atoms with Crippen molar-refractivity contribution in [1.29, 1.82) is 0 Å². The van der Waals surface area contributed by atoms with Crippen LogP contribution in [0.1, 0.15) is 24.8 Å². The fourth-order valence-electron chi connectivity index (χ4n) is 4.00. The van der Waals surface area contributed by atoms with Gasteiger partial charge >= 0.3 is 5.97 Å². The van der Waals surface area contributed by atoms with Crippen molar-refractivity contribution in [2.45, 2.75) is 25.7 Å². The van der Waals surface area contributed by atoms with Crippen molar-refractivity contribution in [1.82, 2.24) is 9.47 Å². The number of carbonyl (C=O) groups excluding carboxylic acids is 1. The summed E-state index contributed by atoms with van der Waals surface area (Å²) in [6.07, 6.45) is 4.34. The molecule has 0 radical (unpaired) electrons. The number of ether oxygens (including phenoxy) is 1. The van der Waals surface area contributed by atoms with Crippen LogP contribution < -0.4 is 0 Å². The molecule has 2 aromatic rings. The average Bonchev–Trinajstić information content (AvgIpc) is 2.96. The lowest BCUT2D eigenvalue weighted by Gasteiger charge is -2.39. The third kappa shape index (κ3) is 3.46. The molecule has 1 N–H and O–H groups in total. The average molecular weight is 358 g/mol. The molecule has 1 aliphatic heterocycles. The number of para-hydroxylation sites is 1. The minimum atomic E-state index is -0.984. The summed E-state index contributed by atoms with van der Waals surface area (Å²) in [4.78, 5) is 26.2. The molecule has 1 fully saturated rings. The maximum absolute atomic E-state index is 12.7. The van der Waals surface area contributed by atoms with Crippen LogP contribution in [0.2, 0.25) is 0 Å². The number of aliphatic carboxylic acids is 1. The zero-order valence-corrected chi connectivity index (χ0v) is 15.4. The summed E-state index contributed by atoms with van der Waals surface area (Å²) in [5, 5.41) is 10.8. The Bertz CT molecular complexity index is 809. The zero-order valence-electron chi connectivity index (χ0n) is 15.4. The first-order valence-electron chi connectivity index (χ1n) is 9.00. The van der Waals surface area contributed by atoms with Crippen molar-refractivity contribution in [3.8, 4) is 0 Å². The van der Waals surface area contributed by atoms with E-state index in [4.69, 9.17) is 4.74 Å². The second-order valence-electron chi connectivity index (χ2n) is 7.22. The maximum Gasteiger partial charge on any atom is 0.313 e. The summed E-state index contributed by atoms with van der Waals surface area (Å²) >= 11 is 0. The molecule has 140 valence electrons. The number of amides is 1. The lowest BCUT2D eigenvalue weighted by atomic mass is 9.80. The Hall–Kier alpha value is -2.34. The fourth-order valence-corrected chi connectivity index (χ4v) is 4.00. The number of aromatic nitrogens is 1. The van der Waals surface area contributed by atoms with Gasteiger partial charge in [-0.1, -0.05) is 18.2 Å². The van der Waals surface area contributed by atoms with Crippen LogP contribution in [0.25, 0.3) is 10.9 Å². The van der Waals surface area contributed by atoms with Crippen LogP contribution in [0.15, 0.2) is 30.5 Å². The molecule has 26 heavy (non-hydrogen) atoms. The van der Waals surface area contributed by atoms with Gasteiger partial charge in [-0.15, -0.1) is 0 Å². The van der Waals surface area contributed by atoms with E-state index in [1.807, 2.05) is 19.2 Å². The molecule has 1 saturated heterocycles. The number of carboxylic acid groups (broad SMARTS) is 1. The van der Waals surface area contributed by atoms with Crippen LogP contribution in [-0.2, 0) is 27.8 Å². The number of aryl methyl sites for hydroxylation is 2. The molecule has 3 rings (SSSR count). The smallest absolute Gasteiger partial charge is 0.313 e. The van der Waals surface area contributed by atoms with Crippen LogP contribution in [-0.4, -0.2) is 53.3 Å². The lowest BCUT2D eigenvalue weighted by Crippen LogP contribution is -2.52. The first kappa shape index (κ1) is 18.5.